The molecule has 5 aromatic carbocycles. The molecule has 0 aliphatic carbocycles. The molecule has 1 heterocycles. The maximum Gasteiger partial charge on any atom is 0.195 e. The number of anilines is 2. The molecule has 0 aliphatic heterocycles. The van der Waals surface area contributed by atoms with Crippen LogP contribution in [0.5, 0.6) is 5.75 Å². The first-order chi connectivity index (χ1) is 18.7. The lowest BCUT2D eigenvalue weighted by Crippen LogP contribution is -2.06. The van der Waals surface area contributed by atoms with Gasteiger partial charge in [-0.1, -0.05) is 84.4 Å². The number of ketones is 1. The summed E-state index contributed by atoms with van der Waals surface area (Å²) in [4.78, 5) is 16.8. The van der Waals surface area contributed by atoms with Gasteiger partial charge in [-0.25, -0.2) is 0 Å². The number of carbonyl (C=O) groups excluding carboxylic acids is 1. The maximum absolute atomic E-state index is 13.2. The second-order valence-electron chi connectivity index (χ2n) is 9.50. The van der Waals surface area contributed by atoms with Crippen LogP contribution < -0.4 is 10.1 Å². The molecule has 0 saturated carbocycles. The van der Waals surface area contributed by atoms with E-state index in [-0.39, 0.29) is 5.78 Å². The average Bonchev–Trinajstić information content (AvgIpc) is 3.33. The summed E-state index contributed by atoms with van der Waals surface area (Å²) in [5.74, 6) is 0.771. The summed E-state index contributed by atoms with van der Waals surface area (Å²) in [5.41, 5.74) is 7.61. The van der Waals surface area contributed by atoms with Crippen LogP contribution in [0.15, 0.2) is 115 Å². The van der Waals surface area contributed by atoms with Gasteiger partial charge in [-0.2, -0.15) is 0 Å². The van der Waals surface area contributed by atoms with Crippen molar-refractivity contribution in [2.75, 3.05) is 11.9 Å². The molecule has 6 aromatic rings. The Balaban J connectivity index is 1.16. The van der Waals surface area contributed by atoms with Gasteiger partial charge in [0.1, 0.15) is 5.75 Å². The van der Waals surface area contributed by atoms with Crippen LogP contribution in [0.4, 0.5) is 11.4 Å². The van der Waals surface area contributed by atoms with Crippen molar-refractivity contribution in [3.8, 4) is 5.75 Å². The van der Waals surface area contributed by atoms with Crippen molar-refractivity contribution in [3.63, 3.8) is 0 Å². The Morgan fingerprint density at radius 3 is 2.45 bits per heavy atom. The van der Waals surface area contributed by atoms with Gasteiger partial charge in [-0.05, 0) is 42.8 Å². The van der Waals surface area contributed by atoms with Crippen LogP contribution in [0.2, 0.25) is 0 Å². The van der Waals surface area contributed by atoms with E-state index in [1.165, 1.54) is 21.9 Å². The quantitative estimate of drug-likeness (QED) is 0.209. The molecule has 4 nitrogen and oxygen atoms in total. The first-order valence-electron chi connectivity index (χ1n) is 12.8. The van der Waals surface area contributed by atoms with E-state index in [1.54, 1.807) is 0 Å². The molecule has 0 atom stereocenters. The summed E-state index contributed by atoms with van der Waals surface area (Å²) in [6, 6.07) is 37.9. The molecule has 0 bridgehead atoms. The fourth-order valence-electron chi connectivity index (χ4n) is 4.89. The Morgan fingerprint density at radius 1 is 0.789 bits per heavy atom. The molecule has 186 valence electrons. The minimum atomic E-state index is -0.00772. The molecule has 2 N–H and O–H groups in total. The zero-order valence-corrected chi connectivity index (χ0v) is 21.2. The molecule has 0 saturated heterocycles. The molecule has 0 amide bonds. The fourth-order valence-corrected chi connectivity index (χ4v) is 4.89. The molecule has 0 spiro atoms. The van der Waals surface area contributed by atoms with E-state index in [2.05, 4.69) is 52.8 Å². The minimum Gasteiger partial charge on any atom is -0.493 e. The van der Waals surface area contributed by atoms with Crippen molar-refractivity contribution in [3.05, 3.63) is 138 Å². The lowest BCUT2D eigenvalue weighted by molar-refractivity contribution is 0.103. The van der Waals surface area contributed by atoms with Crippen molar-refractivity contribution in [1.29, 1.82) is 0 Å². The van der Waals surface area contributed by atoms with Gasteiger partial charge in [-0.3, -0.25) is 4.79 Å². The van der Waals surface area contributed by atoms with Crippen molar-refractivity contribution < 1.29 is 9.53 Å². The average molecular weight is 497 g/mol. The van der Waals surface area contributed by atoms with Gasteiger partial charge >= 0.3 is 0 Å². The topological polar surface area (TPSA) is 54.1 Å². The van der Waals surface area contributed by atoms with Crippen molar-refractivity contribution in [2.24, 2.45) is 0 Å². The van der Waals surface area contributed by atoms with E-state index in [0.29, 0.717) is 17.7 Å². The Bertz CT molecular complexity index is 1750. The summed E-state index contributed by atoms with van der Waals surface area (Å²) in [5, 5.41) is 5.90. The van der Waals surface area contributed by atoms with E-state index >= 15 is 0 Å². The third kappa shape index (κ3) is 4.76. The lowest BCUT2D eigenvalue weighted by Gasteiger charge is -2.13. The number of rotatable bonds is 8. The minimum absolute atomic E-state index is 0.00772. The molecule has 0 radical (unpaired) electrons. The standard InChI is InChI=1S/C34H28N2O2/c1-23-16-18-25(19-17-23)34(37)30-12-3-5-15-32(30)35-26-9-7-10-27(22-26)38-21-20-24-8-6-13-29-28-11-2-4-14-31(28)36-33(24)29/h2-19,22,35-36H,20-21H2,1H3. The number of H-pyrrole nitrogens is 1. The molecule has 38 heavy (non-hydrogen) atoms. The molecule has 6 rings (SSSR count). The molecule has 0 aliphatic rings. The van der Waals surface area contributed by atoms with E-state index in [0.717, 1.165) is 34.6 Å². The Labute approximate surface area is 221 Å². The predicted molar refractivity (Wildman–Crippen MR) is 156 cm³/mol. The van der Waals surface area contributed by atoms with Crippen molar-refractivity contribution in [2.45, 2.75) is 13.3 Å². The smallest absolute Gasteiger partial charge is 0.195 e. The van der Waals surface area contributed by atoms with Crippen molar-refractivity contribution in [1.82, 2.24) is 4.98 Å². The number of hydrogen-bond donors (Lipinski definition) is 2. The number of para-hydroxylation sites is 3. The molecular weight excluding hydrogens is 468 g/mol. The zero-order chi connectivity index (χ0) is 25.9. The van der Waals surface area contributed by atoms with Crippen LogP contribution in [0.3, 0.4) is 0 Å². The summed E-state index contributed by atoms with van der Waals surface area (Å²) in [6.07, 6.45) is 0.787. The van der Waals surface area contributed by atoms with Gasteiger partial charge in [0.05, 0.1) is 6.61 Å². The Kier molecular flexibility index (Phi) is 6.37. The third-order valence-corrected chi connectivity index (χ3v) is 6.87. The van der Waals surface area contributed by atoms with Gasteiger partial charge in [0, 0.05) is 56.8 Å². The zero-order valence-electron chi connectivity index (χ0n) is 21.2. The number of aryl methyl sites for hydroxylation is 1. The Hall–Kier alpha value is -4.83. The SMILES string of the molecule is Cc1ccc(C(=O)c2ccccc2Nc2cccc(OCCc3cccc4c3[nH]c3ccccc34)c2)cc1. The largest absolute Gasteiger partial charge is 0.493 e. The van der Waals surface area contributed by atoms with Gasteiger partial charge in [-0.15, -0.1) is 0 Å². The van der Waals surface area contributed by atoms with Crippen LogP contribution >= 0.6 is 0 Å². The van der Waals surface area contributed by atoms with Crippen LogP contribution in [0.1, 0.15) is 27.0 Å². The lowest BCUT2D eigenvalue weighted by atomic mass is 10.0. The fraction of sp³-hybridized carbons (Fsp3) is 0.0882. The number of ether oxygens (including phenoxy) is 1. The number of fused-ring (bicyclic) bond motifs is 3. The number of aromatic nitrogens is 1. The van der Waals surface area contributed by atoms with Crippen LogP contribution in [0, 0.1) is 6.92 Å². The van der Waals surface area contributed by atoms with E-state index < -0.39 is 0 Å². The second kappa shape index (κ2) is 10.3. The van der Waals surface area contributed by atoms with Gasteiger partial charge in [0.2, 0.25) is 0 Å². The number of aromatic amines is 1. The highest BCUT2D eigenvalue weighted by Crippen LogP contribution is 2.29. The van der Waals surface area contributed by atoms with E-state index in [1.807, 2.05) is 79.7 Å². The molecule has 1 aromatic heterocycles. The van der Waals surface area contributed by atoms with Crippen molar-refractivity contribution >= 4 is 39.0 Å². The third-order valence-electron chi connectivity index (χ3n) is 6.87. The Morgan fingerprint density at radius 2 is 1.55 bits per heavy atom. The van der Waals surface area contributed by atoms with Gasteiger partial charge in [0.25, 0.3) is 0 Å². The number of hydrogen-bond acceptors (Lipinski definition) is 3. The maximum atomic E-state index is 13.2. The highest BCUT2D eigenvalue weighted by atomic mass is 16.5. The highest BCUT2D eigenvalue weighted by Gasteiger charge is 2.14. The summed E-state index contributed by atoms with van der Waals surface area (Å²) >= 11 is 0. The van der Waals surface area contributed by atoms with Crippen LogP contribution in [-0.4, -0.2) is 17.4 Å². The number of carbonyl (C=O) groups is 1. The second-order valence-corrected chi connectivity index (χ2v) is 9.50. The molecule has 0 unspecified atom stereocenters. The molecule has 0 fully saturated rings. The normalized spacial score (nSPS) is 11.1. The van der Waals surface area contributed by atoms with Crippen LogP contribution in [0.25, 0.3) is 21.8 Å². The molecular formula is C34H28N2O2. The van der Waals surface area contributed by atoms with E-state index in [9.17, 15) is 4.79 Å². The molecule has 4 heteroatoms. The first kappa shape index (κ1) is 23.6. The van der Waals surface area contributed by atoms with Gasteiger partial charge < -0.3 is 15.0 Å². The number of benzene rings is 5. The monoisotopic (exact) mass is 496 g/mol. The highest BCUT2D eigenvalue weighted by molar-refractivity contribution is 6.12. The predicted octanol–water partition coefficient (Wildman–Crippen LogP) is 8.23. The van der Waals surface area contributed by atoms with E-state index in [4.69, 9.17) is 4.74 Å². The summed E-state index contributed by atoms with van der Waals surface area (Å²) < 4.78 is 6.15. The number of nitrogens with one attached hydrogen (secondary N) is 2. The summed E-state index contributed by atoms with van der Waals surface area (Å²) in [7, 11) is 0. The summed E-state index contributed by atoms with van der Waals surface area (Å²) in [6.45, 7) is 2.57. The van der Waals surface area contributed by atoms with Gasteiger partial charge in [0.15, 0.2) is 5.78 Å². The van der Waals surface area contributed by atoms with Crippen LogP contribution in [-0.2, 0) is 6.42 Å². The first-order valence-corrected chi connectivity index (χ1v) is 12.8.